The van der Waals surface area contributed by atoms with E-state index in [9.17, 15) is 23.1 Å². The van der Waals surface area contributed by atoms with Crippen LogP contribution in [0.2, 0.25) is 0 Å². The van der Waals surface area contributed by atoms with Gasteiger partial charge in [-0.3, -0.25) is 4.79 Å². The van der Waals surface area contributed by atoms with Crippen LogP contribution < -0.4 is 0 Å². The van der Waals surface area contributed by atoms with Gasteiger partial charge in [0.2, 0.25) is 0 Å². The molecular weight excluding hydrogens is 281 g/mol. The minimum Gasteiger partial charge on any atom is -0.481 e. The molecule has 1 N–H and O–H groups in total. The van der Waals surface area contributed by atoms with Crippen molar-refractivity contribution in [3.8, 4) is 0 Å². The average Bonchev–Trinajstić information content (AvgIpc) is 2.99. The minimum atomic E-state index is -4.70. The SMILES string of the molecule is CC1(C)C2CC(C3C4C=CC(C4)C32)C1(C(=O)O)C(F)(F)F. The van der Waals surface area contributed by atoms with E-state index in [1.165, 1.54) is 13.8 Å². The number of hydrogen-bond acceptors (Lipinski definition) is 1. The Bertz CT molecular complexity index is 550. The maximum atomic E-state index is 13.9. The van der Waals surface area contributed by atoms with Crippen LogP contribution in [0.1, 0.15) is 26.7 Å². The summed E-state index contributed by atoms with van der Waals surface area (Å²) in [6.07, 6.45) is 0.828. The van der Waals surface area contributed by atoms with E-state index in [4.69, 9.17) is 0 Å². The molecule has 0 saturated heterocycles. The summed E-state index contributed by atoms with van der Waals surface area (Å²) in [5, 5.41) is 9.61. The molecule has 0 aromatic carbocycles. The Kier molecular flexibility index (Phi) is 2.27. The van der Waals surface area contributed by atoms with Gasteiger partial charge in [0.15, 0.2) is 5.41 Å². The molecule has 5 heteroatoms. The molecule has 0 aromatic heterocycles. The lowest BCUT2D eigenvalue weighted by atomic mass is 9.50. The molecule has 3 fully saturated rings. The molecule has 0 aromatic rings. The van der Waals surface area contributed by atoms with Crippen molar-refractivity contribution in [1.29, 1.82) is 0 Å². The lowest BCUT2D eigenvalue weighted by Crippen LogP contribution is -2.62. The Balaban J connectivity index is 1.91. The van der Waals surface area contributed by atoms with Crippen LogP contribution in [-0.2, 0) is 4.79 Å². The first-order chi connectivity index (χ1) is 9.64. The summed E-state index contributed by atoms with van der Waals surface area (Å²) in [5.74, 6) is -1.87. The zero-order valence-electron chi connectivity index (χ0n) is 12.0. The number of allylic oxidation sites excluding steroid dienone is 2. The normalized spacial score (nSPS) is 52.4. The van der Waals surface area contributed by atoms with Gasteiger partial charge in [-0.05, 0) is 53.8 Å². The molecule has 7 unspecified atom stereocenters. The number of halogens is 3. The van der Waals surface area contributed by atoms with Crippen molar-refractivity contribution in [2.45, 2.75) is 32.9 Å². The highest BCUT2D eigenvalue weighted by Gasteiger charge is 2.83. The van der Waals surface area contributed by atoms with E-state index in [0.717, 1.165) is 6.42 Å². The van der Waals surface area contributed by atoms with Crippen molar-refractivity contribution in [1.82, 2.24) is 0 Å². The molecule has 0 radical (unpaired) electrons. The van der Waals surface area contributed by atoms with E-state index in [1.807, 2.05) is 6.08 Å². The van der Waals surface area contributed by atoms with E-state index in [0.29, 0.717) is 12.3 Å². The standard InChI is InChI=1S/C16H19F3O2/c1-14(2)9-6-10(15(14,13(20)21)16(17,18)19)12-8-4-3-7(5-8)11(9)12/h3-4,7-12H,5-6H2,1-2H3,(H,20,21). The highest BCUT2D eigenvalue weighted by atomic mass is 19.4. The fraction of sp³-hybridized carbons (Fsp3) is 0.812. The van der Waals surface area contributed by atoms with E-state index >= 15 is 0 Å². The highest BCUT2D eigenvalue weighted by molar-refractivity contribution is 5.79. The van der Waals surface area contributed by atoms with Crippen LogP contribution in [0.25, 0.3) is 0 Å². The molecule has 4 bridgehead atoms. The number of carbonyl (C=O) groups is 1. The lowest BCUT2D eigenvalue weighted by molar-refractivity contribution is -0.284. The van der Waals surface area contributed by atoms with Crippen molar-refractivity contribution in [3.63, 3.8) is 0 Å². The second kappa shape index (κ2) is 3.49. The Hall–Kier alpha value is -1.00. The third-order valence-electron chi connectivity index (χ3n) is 7.30. The maximum absolute atomic E-state index is 13.9. The highest BCUT2D eigenvalue weighted by Crippen LogP contribution is 2.79. The molecule has 2 nitrogen and oxygen atoms in total. The Morgan fingerprint density at radius 3 is 2.10 bits per heavy atom. The molecule has 0 heterocycles. The van der Waals surface area contributed by atoms with E-state index in [2.05, 4.69) is 6.08 Å². The number of rotatable bonds is 1. The number of hydrogen-bond donors (Lipinski definition) is 1. The van der Waals surface area contributed by atoms with Crippen LogP contribution in [0.15, 0.2) is 12.2 Å². The molecule has 3 saturated carbocycles. The van der Waals surface area contributed by atoms with Crippen LogP contribution >= 0.6 is 0 Å². The quantitative estimate of drug-likeness (QED) is 0.592. The van der Waals surface area contributed by atoms with Crippen LogP contribution in [0.3, 0.4) is 0 Å². The van der Waals surface area contributed by atoms with Crippen LogP contribution in [0, 0.1) is 46.3 Å². The van der Waals surface area contributed by atoms with Crippen molar-refractivity contribution in [2.24, 2.45) is 46.3 Å². The lowest BCUT2D eigenvalue weighted by Gasteiger charge is -2.53. The Morgan fingerprint density at radius 2 is 1.62 bits per heavy atom. The van der Waals surface area contributed by atoms with Gasteiger partial charge in [-0.2, -0.15) is 13.2 Å². The van der Waals surface area contributed by atoms with Crippen LogP contribution in [0.5, 0.6) is 0 Å². The van der Waals surface area contributed by atoms with E-state index < -0.39 is 28.9 Å². The first kappa shape index (κ1) is 13.6. The second-order valence-corrected chi connectivity index (χ2v) is 7.88. The van der Waals surface area contributed by atoms with Crippen molar-refractivity contribution in [3.05, 3.63) is 12.2 Å². The van der Waals surface area contributed by atoms with Gasteiger partial charge in [0.25, 0.3) is 0 Å². The summed E-state index contributed by atoms with van der Waals surface area (Å²) in [4.78, 5) is 11.8. The Labute approximate surface area is 121 Å². The zero-order chi connectivity index (χ0) is 15.4. The summed E-state index contributed by atoms with van der Waals surface area (Å²) >= 11 is 0. The van der Waals surface area contributed by atoms with Gasteiger partial charge in [0.1, 0.15) is 0 Å². The molecule has 0 spiro atoms. The summed E-state index contributed by atoms with van der Waals surface area (Å²) < 4.78 is 41.8. The summed E-state index contributed by atoms with van der Waals surface area (Å²) in [6, 6.07) is 0. The first-order valence-corrected chi connectivity index (χ1v) is 7.62. The number of aliphatic carboxylic acids is 1. The monoisotopic (exact) mass is 300 g/mol. The molecule has 0 amide bonds. The predicted octanol–water partition coefficient (Wildman–Crippen LogP) is 3.73. The van der Waals surface area contributed by atoms with Gasteiger partial charge in [-0.15, -0.1) is 0 Å². The van der Waals surface area contributed by atoms with Gasteiger partial charge in [-0.1, -0.05) is 26.0 Å². The number of fused-ring (bicyclic) bond motifs is 9. The summed E-state index contributed by atoms with van der Waals surface area (Å²) in [7, 11) is 0. The summed E-state index contributed by atoms with van der Waals surface area (Å²) in [5.41, 5.74) is -3.81. The smallest absolute Gasteiger partial charge is 0.405 e. The molecule has 116 valence electrons. The Morgan fingerprint density at radius 1 is 1.10 bits per heavy atom. The van der Waals surface area contributed by atoms with Crippen LogP contribution in [0.4, 0.5) is 13.2 Å². The van der Waals surface area contributed by atoms with Gasteiger partial charge < -0.3 is 5.11 Å². The number of carboxylic acids is 1. The average molecular weight is 300 g/mol. The second-order valence-electron chi connectivity index (χ2n) is 7.88. The maximum Gasteiger partial charge on any atom is 0.405 e. The van der Waals surface area contributed by atoms with Crippen LogP contribution in [-0.4, -0.2) is 17.3 Å². The van der Waals surface area contributed by atoms with Gasteiger partial charge >= 0.3 is 12.1 Å². The predicted molar refractivity (Wildman–Crippen MR) is 69.2 cm³/mol. The van der Waals surface area contributed by atoms with Crippen molar-refractivity contribution in [2.75, 3.05) is 0 Å². The van der Waals surface area contributed by atoms with Crippen molar-refractivity contribution >= 4 is 5.97 Å². The molecule has 4 aliphatic rings. The fourth-order valence-electron chi connectivity index (χ4n) is 6.76. The molecule has 4 aliphatic carbocycles. The van der Waals surface area contributed by atoms with Gasteiger partial charge in [0.05, 0.1) is 0 Å². The largest absolute Gasteiger partial charge is 0.481 e. The van der Waals surface area contributed by atoms with E-state index in [-0.39, 0.29) is 23.7 Å². The fourth-order valence-corrected chi connectivity index (χ4v) is 6.76. The topological polar surface area (TPSA) is 37.3 Å². The summed E-state index contributed by atoms with van der Waals surface area (Å²) in [6.45, 7) is 3.07. The van der Waals surface area contributed by atoms with E-state index in [1.54, 1.807) is 0 Å². The number of carboxylic acid groups (broad SMARTS) is 1. The molecule has 7 atom stereocenters. The van der Waals surface area contributed by atoms with Gasteiger partial charge in [-0.25, -0.2) is 0 Å². The minimum absolute atomic E-state index is 0.0873. The molecular formula is C16H19F3O2. The molecule has 4 rings (SSSR count). The molecule has 0 aliphatic heterocycles. The number of alkyl halides is 3. The zero-order valence-corrected chi connectivity index (χ0v) is 12.0. The third-order valence-corrected chi connectivity index (χ3v) is 7.30. The third kappa shape index (κ3) is 1.19. The first-order valence-electron chi connectivity index (χ1n) is 7.62. The molecule has 21 heavy (non-hydrogen) atoms. The van der Waals surface area contributed by atoms with Crippen molar-refractivity contribution < 1.29 is 23.1 Å². The van der Waals surface area contributed by atoms with Gasteiger partial charge in [0, 0.05) is 0 Å².